The summed E-state index contributed by atoms with van der Waals surface area (Å²) in [5, 5.41) is 10.0. The summed E-state index contributed by atoms with van der Waals surface area (Å²) in [4.78, 5) is -0.0273. The Morgan fingerprint density at radius 1 is 0.963 bits per heavy atom. The first-order chi connectivity index (χ1) is 12.4. The van der Waals surface area contributed by atoms with E-state index >= 15 is 0 Å². The van der Waals surface area contributed by atoms with Gasteiger partial charge in [0.2, 0.25) is 10.0 Å². The minimum Gasteiger partial charge on any atom is -0.506 e. The molecule has 0 radical (unpaired) electrons. The van der Waals surface area contributed by atoms with Gasteiger partial charge in [-0.1, -0.05) is 19.1 Å². The van der Waals surface area contributed by atoms with Gasteiger partial charge >= 0.3 is 0 Å². The van der Waals surface area contributed by atoms with Gasteiger partial charge in [-0.15, -0.1) is 0 Å². The van der Waals surface area contributed by atoms with Crippen LogP contribution < -0.4 is 9.44 Å². The van der Waals surface area contributed by atoms with Crippen molar-refractivity contribution in [1.29, 1.82) is 0 Å². The highest BCUT2D eigenvalue weighted by molar-refractivity contribution is 7.93. The first kappa shape index (κ1) is 21.0. The van der Waals surface area contributed by atoms with Crippen molar-refractivity contribution in [1.82, 2.24) is 0 Å². The van der Waals surface area contributed by atoms with Crippen LogP contribution in [0.25, 0.3) is 0 Å². The van der Waals surface area contributed by atoms with E-state index < -0.39 is 20.0 Å². The molecule has 0 aromatic heterocycles. The van der Waals surface area contributed by atoms with Crippen molar-refractivity contribution >= 4 is 31.4 Å². The van der Waals surface area contributed by atoms with Crippen LogP contribution in [-0.4, -0.2) is 28.2 Å². The lowest BCUT2D eigenvalue weighted by Gasteiger charge is -2.19. The second-order valence-electron chi connectivity index (χ2n) is 6.52. The fourth-order valence-electron chi connectivity index (χ4n) is 3.00. The molecule has 2 aromatic carbocycles. The van der Waals surface area contributed by atoms with Crippen LogP contribution in [0.1, 0.15) is 29.2 Å². The maximum Gasteiger partial charge on any atom is 0.262 e. The normalized spacial score (nSPS) is 12.0. The van der Waals surface area contributed by atoms with Gasteiger partial charge in [0.05, 0.1) is 22.5 Å². The molecule has 3 N–H and O–H groups in total. The Kier molecular flexibility index (Phi) is 5.77. The maximum absolute atomic E-state index is 13.0. The SMILES string of the molecule is CCc1ccc(O)c(NS(=O)(=O)c2c(C)cc(C)c(NS(C)(=O)=O)c2C)c1. The number of benzene rings is 2. The summed E-state index contributed by atoms with van der Waals surface area (Å²) < 4.78 is 54.1. The summed E-state index contributed by atoms with van der Waals surface area (Å²) in [5.41, 5.74) is 2.55. The molecule has 0 spiro atoms. The molecule has 7 nitrogen and oxygen atoms in total. The van der Waals surface area contributed by atoms with Crippen molar-refractivity contribution in [2.45, 2.75) is 39.0 Å². The Morgan fingerprint density at radius 2 is 1.59 bits per heavy atom. The second kappa shape index (κ2) is 7.40. The number of phenols is 1. The van der Waals surface area contributed by atoms with Crippen LogP contribution in [0.2, 0.25) is 0 Å². The molecule has 0 aliphatic rings. The number of hydrogen-bond donors (Lipinski definition) is 3. The topological polar surface area (TPSA) is 113 Å². The average molecular weight is 413 g/mol. The quantitative estimate of drug-likeness (QED) is 0.631. The van der Waals surface area contributed by atoms with Gasteiger partial charge in [0, 0.05) is 0 Å². The number of anilines is 2. The number of aryl methyl sites for hydroxylation is 3. The molecule has 0 aliphatic carbocycles. The fraction of sp³-hybridized carbons (Fsp3) is 0.333. The number of phenolic OH excluding ortho intramolecular Hbond substituents is 1. The predicted octanol–water partition coefficient (Wildman–Crippen LogP) is 3.05. The highest BCUT2D eigenvalue weighted by Gasteiger charge is 2.25. The van der Waals surface area contributed by atoms with E-state index in [4.69, 9.17) is 0 Å². The highest BCUT2D eigenvalue weighted by Crippen LogP contribution is 2.33. The van der Waals surface area contributed by atoms with Crippen LogP contribution >= 0.6 is 0 Å². The molecule has 27 heavy (non-hydrogen) atoms. The number of aromatic hydroxyl groups is 1. The molecule has 148 valence electrons. The van der Waals surface area contributed by atoms with Gasteiger partial charge in [-0.05, 0) is 61.6 Å². The summed E-state index contributed by atoms with van der Waals surface area (Å²) in [6, 6.07) is 6.32. The van der Waals surface area contributed by atoms with Crippen LogP contribution in [0.15, 0.2) is 29.2 Å². The third kappa shape index (κ3) is 4.72. The van der Waals surface area contributed by atoms with Crippen molar-refractivity contribution in [2.24, 2.45) is 0 Å². The second-order valence-corrected chi connectivity index (χ2v) is 9.89. The van der Waals surface area contributed by atoms with Gasteiger partial charge in [-0.3, -0.25) is 9.44 Å². The molecule has 0 fully saturated rings. The van der Waals surface area contributed by atoms with E-state index in [1.54, 1.807) is 39.0 Å². The van der Waals surface area contributed by atoms with Gasteiger partial charge in [0.15, 0.2) is 0 Å². The summed E-state index contributed by atoms with van der Waals surface area (Å²) >= 11 is 0. The van der Waals surface area contributed by atoms with Gasteiger partial charge in [0.25, 0.3) is 10.0 Å². The molecule has 0 heterocycles. The van der Waals surface area contributed by atoms with E-state index in [0.717, 1.165) is 11.8 Å². The van der Waals surface area contributed by atoms with E-state index in [1.807, 2.05) is 6.92 Å². The van der Waals surface area contributed by atoms with E-state index in [-0.39, 0.29) is 27.6 Å². The molecule has 0 unspecified atom stereocenters. The zero-order valence-corrected chi connectivity index (χ0v) is 17.5. The Balaban J connectivity index is 2.61. The largest absolute Gasteiger partial charge is 0.506 e. The summed E-state index contributed by atoms with van der Waals surface area (Å²) in [5.74, 6) is -0.187. The van der Waals surface area contributed by atoms with Gasteiger partial charge in [0.1, 0.15) is 5.75 Å². The summed E-state index contributed by atoms with van der Waals surface area (Å²) in [6.07, 6.45) is 1.69. The lowest BCUT2D eigenvalue weighted by Crippen LogP contribution is -2.19. The van der Waals surface area contributed by atoms with Crippen LogP contribution in [0.4, 0.5) is 11.4 Å². The zero-order chi connectivity index (χ0) is 20.6. The number of hydrogen-bond acceptors (Lipinski definition) is 5. The first-order valence-corrected chi connectivity index (χ1v) is 11.7. The van der Waals surface area contributed by atoms with Gasteiger partial charge in [-0.2, -0.15) is 0 Å². The van der Waals surface area contributed by atoms with Crippen LogP contribution in [-0.2, 0) is 26.5 Å². The lowest BCUT2D eigenvalue weighted by atomic mass is 10.1. The van der Waals surface area contributed by atoms with Crippen molar-refractivity contribution in [3.05, 3.63) is 46.5 Å². The Labute approximate surface area is 160 Å². The van der Waals surface area contributed by atoms with E-state index in [0.29, 0.717) is 17.5 Å². The first-order valence-electron chi connectivity index (χ1n) is 8.29. The Bertz CT molecular complexity index is 1090. The number of sulfonamides is 2. The summed E-state index contributed by atoms with van der Waals surface area (Å²) in [7, 11) is -7.64. The number of nitrogens with one attached hydrogen (secondary N) is 2. The maximum atomic E-state index is 13.0. The molecule has 0 saturated carbocycles. The third-order valence-electron chi connectivity index (χ3n) is 4.17. The molecule has 0 bridgehead atoms. The molecular weight excluding hydrogens is 388 g/mol. The molecule has 2 aromatic rings. The van der Waals surface area contributed by atoms with Gasteiger partial charge < -0.3 is 5.11 Å². The molecule has 2 rings (SSSR count). The zero-order valence-electron chi connectivity index (χ0n) is 15.9. The molecule has 0 saturated heterocycles. The van der Waals surface area contributed by atoms with Crippen LogP contribution in [0.3, 0.4) is 0 Å². The average Bonchev–Trinajstić information content (AvgIpc) is 2.52. The molecule has 0 atom stereocenters. The molecule has 9 heteroatoms. The van der Waals surface area contributed by atoms with Crippen LogP contribution in [0.5, 0.6) is 5.75 Å². The minimum atomic E-state index is -4.06. The monoisotopic (exact) mass is 412 g/mol. The van der Waals surface area contributed by atoms with E-state index in [9.17, 15) is 21.9 Å². The van der Waals surface area contributed by atoms with Crippen molar-refractivity contribution in [2.75, 3.05) is 15.7 Å². The van der Waals surface area contributed by atoms with Gasteiger partial charge in [-0.25, -0.2) is 16.8 Å². The highest BCUT2D eigenvalue weighted by atomic mass is 32.2. The molecule has 0 amide bonds. The van der Waals surface area contributed by atoms with Crippen molar-refractivity contribution < 1.29 is 21.9 Å². The van der Waals surface area contributed by atoms with Crippen LogP contribution in [0, 0.1) is 20.8 Å². The minimum absolute atomic E-state index is 0.0273. The van der Waals surface area contributed by atoms with E-state index in [2.05, 4.69) is 9.44 Å². The molecule has 0 aliphatic heterocycles. The smallest absolute Gasteiger partial charge is 0.262 e. The third-order valence-corrected chi connectivity index (χ3v) is 6.40. The summed E-state index contributed by atoms with van der Waals surface area (Å²) in [6.45, 7) is 6.81. The molecular formula is C18H24N2O5S2. The predicted molar refractivity (Wildman–Crippen MR) is 107 cm³/mol. The standard InChI is InChI=1S/C18H24N2O5S2/c1-6-14-7-8-16(21)15(10-14)19-27(24,25)18-12(3)9-11(2)17(13(18)4)20-26(5,22)23/h7-10,19-21H,6H2,1-5H3. The Morgan fingerprint density at radius 3 is 2.15 bits per heavy atom. The van der Waals surface area contributed by atoms with Crippen molar-refractivity contribution in [3.63, 3.8) is 0 Å². The fourth-order valence-corrected chi connectivity index (χ4v) is 5.23. The van der Waals surface area contributed by atoms with Crippen molar-refractivity contribution in [3.8, 4) is 5.75 Å². The van der Waals surface area contributed by atoms with E-state index in [1.165, 1.54) is 6.07 Å². The lowest BCUT2D eigenvalue weighted by molar-refractivity contribution is 0.477. The Hall–Kier alpha value is -2.26. The number of rotatable bonds is 6.